The van der Waals surface area contributed by atoms with E-state index in [9.17, 15) is 0 Å². The Hall–Kier alpha value is -2.47. The van der Waals surface area contributed by atoms with Gasteiger partial charge in [-0.1, -0.05) is 51.1 Å². The molecule has 4 rings (SSSR count). The van der Waals surface area contributed by atoms with E-state index in [4.69, 9.17) is 9.84 Å². The van der Waals surface area contributed by atoms with Crippen molar-refractivity contribution in [1.82, 2.24) is 19.8 Å². The summed E-state index contributed by atoms with van der Waals surface area (Å²) in [5.41, 5.74) is 1.91. The normalized spacial score (nSPS) is 20.6. The van der Waals surface area contributed by atoms with Crippen LogP contribution < -0.4 is 5.32 Å². The fourth-order valence-corrected chi connectivity index (χ4v) is 3.44. The number of anilines is 1. The minimum Gasteiger partial charge on any atom is -0.373 e. The lowest BCUT2D eigenvalue weighted by Crippen LogP contribution is -2.20. The SMILES string of the molecule is CC(C)(C)c1nnc2ccc(NC[C@@H]3CCO[C@H]3c3ccccc3)nn12. The van der Waals surface area contributed by atoms with Crippen LogP contribution in [0.15, 0.2) is 42.5 Å². The Morgan fingerprint density at radius 2 is 1.92 bits per heavy atom. The largest absolute Gasteiger partial charge is 0.373 e. The van der Waals surface area contributed by atoms with Gasteiger partial charge in [-0.2, -0.15) is 4.52 Å². The Bertz CT molecular complexity index is 884. The number of hydrogen-bond donors (Lipinski definition) is 1. The van der Waals surface area contributed by atoms with E-state index in [1.807, 2.05) is 22.7 Å². The zero-order valence-electron chi connectivity index (χ0n) is 15.5. The van der Waals surface area contributed by atoms with Crippen molar-refractivity contribution in [3.8, 4) is 0 Å². The molecule has 6 nitrogen and oxygen atoms in total. The second kappa shape index (κ2) is 6.68. The molecule has 0 saturated carbocycles. The van der Waals surface area contributed by atoms with Crippen LogP contribution in [-0.4, -0.2) is 33.0 Å². The molecule has 1 saturated heterocycles. The fourth-order valence-electron chi connectivity index (χ4n) is 3.44. The highest BCUT2D eigenvalue weighted by Crippen LogP contribution is 2.34. The molecule has 2 aromatic heterocycles. The smallest absolute Gasteiger partial charge is 0.178 e. The number of fused-ring (bicyclic) bond motifs is 1. The maximum atomic E-state index is 5.98. The number of hydrogen-bond acceptors (Lipinski definition) is 5. The highest BCUT2D eigenvalue weighted by atomic mass is 16.5. The quantitative estimate of drug-likeness (QED) is 0.778. The molecular weight excluding hydrogens is 326 g/mol. The van der Waals surface area contributed by atoms with Gasteiger partial charge in [0, 0.05) is 24.5 Å². The molecule has 1 N–H and O–H groups in total. The maximum absolute atomic E-state index is 5.98. The summed E-state index contributed by atoms with van der Waals surface area (Å²) in [5, 5.41) is 16.7. The minimum atomic E-state index is -0.108. The molecule has 1 aliphatic rings. The molecule has 0 amide bonds. The average Bonchev–Trinajstić information content (AvgIpc) is 3.26. The first-order valence-corrected chi connectivity index (χ1v) is 9.16. The molecule has 3 heterocycles. The summed E-state index contributed by atoms with van der Waals surface area (Å²) in [6.07, 6.45) is 1.20. The van der Waals surface area contributed by atoms with Crippen molar-refractivity contribution in [2.45, 2.75) is 38.7 Å². The first-order valence-electron chi connectivity index (χ1n) is 9.16. The molecule has 0 spiro atoms. The third-order valence-corrected chi connectivity index (χ3v) is 4.82. The van der Waals surface area contributed by atoms with Gasteiger partial charge >= 0.3 is 0 Å². The summed E-state index contributed by atoms with van der Waals surface area (Å²) >= 11 is 0. The molecule has 26 heavy (non-hydrogen) atoms. The highest BCUT2D eigenvalue weighted by Gasteiger charge is 2.29. The Kier molecular flexibility index (Phi) is 4.36. The van der Waals surface area contributed by atoms with Crippen molar-refractivity contribution < 1.29 is 4.74 Å². The monoisotopic (exact) mass is 351 g/mol. The second-order valence-electron chi connectivity index (χ2n) is 7.89. The van der Waals surface area contributed by atoms with Crippen molar-refractivity contribution in [3.05, 3.63) is 53.9 Å². The van der Waals surface area contributed by atoms with Crippen molar-refractivity contribution >= 4 is 11.5 Å². The van der Waals surface area contributed by atoms with Crippen LogP contribution in [0.3, 0.4) is 0 Å². The summed E-state index contributed by atoms with van der Waals surface area (Å²) in [6, 6.07) is 14.4. The number of aromatic nitrogens is 4. The van der Waals surface area contributed by atoms with E-state index in [0.717, 1.165) is 36.9 Å². The van der Waals surface area contributed by atoms with Gasteiger partial charge in [0.15, 0.2) is 11.5 Å². The third kappa shape index (κ3) is 3.29. The number of nitrogens with zero attached hydrogens (tertiary/aromatic N) is 4. The molecule has 0 aliphatic carbocycles. The molecule has 1 fully saturated rings. The van der Waals surface area contributed by atoms with Crippen molar-refractivity contribution in [3.63, 3.8) is 0 Å². The first-order chi connectivity index (χ1) is 12.5. The van der Waals surface area contributed by atoms with Crippen molar-refractivity contribution in [2.75, 3.05) is 18.5 Å². The highest BCUT2D eigenvalue weighted by molar-refractivity contribution is 5.44. The molecule has 0 radical (unpaired) electrons. The average molecular weight is 351 g/mol. The van der Waals surface area contributed by atoms with Crippen LogP contribution in [0, 0.1) is 5.92 Å². The molecule has 6 heteroatoms. The summed E-state index contributed by atoms with van der Waals surface area (Å²) in [7, 11) is 0. The fraction of sp³-hybridized carbons (Fsp3) is 0.450. The van der Waals surface area contributed by atoms with Crippen LogP contribution in [0.25, 0.3) is 5.65 Å². The first kappa shape index (κ1) is 17.0. The minimum absolute atomic E-state index is 0.108. The van der Waals surface area contributed by atoms with Gasteiger partial charge in [-0.15, -0.1) is 15.3 Å². The molecule has 1 aliphatic heterocycles. The standard InChI is InChI=1S/C20H25N5O/c1-20(2,3)19-23-22-17-10-9-16(24-25(17)19)21-13-15-11-12-26-18(15)14-7-5-4-6-8-14/h4-10,15,18H,11-13H2,1-3H3,(H,21,24)/t15-,18-/m0/s1. The van der Waals surface area contributed by atoms with Crippen LogP contribution in [0.2, 0.25) is 0 Å². The van der Waals surface area contributed by atoms with Gasteiger partial charge in [0.2, 0.25) is 0 Å². The van der Waals surface area contributed by atoms with Crippen molar-refractivity contribution in [2.24, 2.45) is 5.92 Å². The lowest BCUT2D eigenvalue weighted by Gasteiger charge is -2.20. The van der Waals surface area contributed by atoms with E-state index >= 15 is 0 Å². The summed E-state index contributed by atoms with van der Waals surface area (Å²) in [4.78, 5) is 0. The van der Waals surface area contributed by atoms with E-state index in [1.54, 1.807) is 0 Å². The number of rotatable bonds is 4. The second-order valence-corrected chi connectivity index (χ2v) is 7.89. The Labute approximate surface area is 153 Å². The molecule has 0 unspecified atom stereocenters. The van der Waals surface area contributed by atoms with Crippen LogP contribution in [-0.2, 0) is 10.2 Å². The molecule has 0 bridgehead atoms. The lowest BCUT2D eigenvalue weighted by atomic mass is 9.95. The predicted octanol–water partition coefficient (Wildman–Crippen LogP) is 3.61. The van der Waals surface area contributed by atoms with Gasteiger partial charge in [0.25, 0.3) is 0 Å². The van der Waals surface area contributed by atoms with E-state index in [-0.39, 0.29) is 11.5 Å². The third-order valence-electron chi connectivity index (χ3n) is 4.82. The summed E-state index contributed by atoms with van der Waals surface area (Å²) < 4.78 is 7.81. The zero-order valence-corrected chi connectivity index (χ0v) is 15.5. The zero-order chi connectivity index (χ0) is 18.1. The van der Waals surface area contributed by atoms with Gasteiger partial charge in [-0.25, -0.2) is 0 Å². The molecule has 136 valence electrons. The molecule has 3 aromatic rings. The van der Waals surface area contributed by atoms with Crippen molar-refractivity contribution in [1.29, 1.82) is 0 Å². The predicted molar refractivity (Wildman–Crippen MR) is 101 cm³/mol. The summed E-state index contributed by atoms with van der Waals surface area (Å²) in [6.45, 7) is 7.98. The number of benzene rings is 1. The van der Waals surface area contributed by atoms with Gasteiger partial charge in [-0.3, -0.25) is 0 Å². The Balaban J connectivity index is 1.51. The number of ether oxygens (including phenoxy) is 1. The Morgan fingerprint density at radius 3 is 2.69 bits per heavy atom. The molecular formula is C20H25N5O. The van der Waals surface area contributed by atoms with Gasteiger partial charge < -0.3 is 10.1 Å². The Morgan fingerprint density at radius 1 is 1.12 bits per heavy atom. The van der Waals surface area contributed by atoms with Crippen LogP contribution >= 0.6 is 0 Å². The maximum Gasteiger partial charge on any atom is 0.178 e. The van der Waals surface area contributed by atoms with Gasteiger partial charge in [0.05, 0.1) is 6.10 Å². The van der Waals surface area contributed by atoms with Gasteiger partial charge in [0.1, 0.15) is 5.82 Å². The lowest BCUT2D eigenvalue weighted by molar-refractivity contribution is 0.0933. The van der Waals surface area contributed by atoms with E-state index in [2.05, 4.69) is 60.6 Å². The topological polar surface area (TPSA) is 64.3 Å². The summed E-state index contributed by atoms with van der Waals surface area (Å²) in [5.74, 6) is 2.13. The van der Waals surface area contributed by atoms with Crippen LogP contribution in [0.4, 0.5) is 5.82 Å². The van der Waals surface area contributed by atoms with Crippen LogP contribution in [0.5, 0.6) is 0 Å². The molecule has 1 aromatic carbocycles. The van der Waals surface area contributed by atoms with Gasteiger partial charge in [-0.05, 0) is 24.1 Å². The number of nitrogens with one attached hydrogen (secondary N) is 1. The van der Waals surface area contributed by atoms with E-state index < -0.39 is 0 Å². The molecule has 2 atom stereocenters. The van der Waals surface area contributed by atoms with E-state index in [1.165, 1.54) is 5.56 Å². The van der Waals surface area contributed by atoms with E-state index in [0.29, 0.717) is 5.92 Å². The van der Waals surface area contributed by atoms with Crippen LogP contribution in [0.1, 0.15) is 44.7 Å².